The molecule has 6 nitrogen and oxygen atoms in total. The van der Waals surface area contributed by atoms with Crippen LogP contribution in [0, 0.1) is 5.92 Å². The maximum Gasteiger partial charge on any atom is 0.358 e. The maximum absolute atomic E-state index is 11.4. The van der Waals surface area contributed by atoms with Crippen LogP contribution in [0.15, 0.2) is 12.1 Å². The van der Waals surface area contributed by atoms with Crippen LogP contribution in [0.5, 0.6) is 0 Å². The molecule has 126 valence electrons. The molecule has 3 rings (SSSR count). The monoisotopic (exact) mass is 318 g/mol. The van der Waals surface area contributed by atoms with Gasteiger partial charge in [0.25, 0.3) is 0 Å². The van der Waals surface area contributed by atoms with Gasteiger partial charge in [0.05, 0.1) is 7.11 Å². The highest BCUT2D eigenvalue weighted by Crippen LogP contribution is 2.25. The molecule has 2 fully saturated rings. The predicted octanol–water partition coefficient (Wildman–Crippen LogP) is 1.97. The number of piperazine rings is 1. The molecule has 1 aromatic rings. The van der Waals surface area contributed by atoms with Crippen LogP contribution in [0.3, 0.4) is 0 Å². The third-order valence-corrected chi connectivity index (χ3v) is 4.98. The second-order valence-corrected chi connectivity index (χ2v) is 6.56. The van der Waals surface area contributed by atoms with Crippen molar-refractivity contribution < 1.29 is 9.53 Å². The number of carbonyl (C=O) groups is 1. The molecule has 1 aliphatic heterocycles. The van der Waals surface area contributed by atoms with E-state index in [0.717, 1.165) is 37.9 Å². The molecule has 23 heavy (non-hydrogen) atoms. The normalized spacial score (nSPS) is 20.5. The van der Waals surface area contributed by atoms with Gasteiger partial charge < -0.3 is 9.64 Å². The first-order valence-electron chi connectivity index (χ1n) is 8.65. The molecule has 0 amide bonds. The Hall–Kier alpha value is -1.69. The van der Waals surface area contributed by atoms with Gasteiger partial charge in [-0.05, 0) is 30.9 Å². The zero-order chi connectivity index (χ0) is 16.1. The zero-order valence-electron chi connectivity index (χ0n) is 13.9. The number of ether oxygens (including phenoxy) is 1. The van der Waals surface area contributed by atoms with Gasteiger partial charge in [-0.3, -0.25) is 4.90 Å². The second kappa shape index (κ2) is 7.73. The number of methoxy groups -OCH3 is 1. The molecule has 0 atom stereocenters. The Bertz CT molecular complexity index is 506. The SMILES string of the molecule is COC(=O)c1ccc(N2CCN(CC3CCCCC3)CC2)nn1. The second-order valence-electron chi connectivity index (χ2n) is 6.56. The fourth-order valence-corrected chi connectivity index (χ4v) is 3.60. The van der Waals surface area contributed by atoms with Gasteiger partial charge in [-0.15, -0.1) is 10.2 Å². The van der Waals surface area contributed by atoms with E-state index < -0.39 is 5.97 Å². The van der Waals surface area contributed by atoms with Gasteiger partial charge in [0.15, 0.2) is 11.5 Å². The molecular formula is C17H26N4O2. The Morgan fingerprint density at radius 2 is 1.87 bits per heavy atom. The van der Waals surface area contributed by atoms with E-state index in [1.54, 1.807) is 6.07 Å². The topological polar surface area (TPSA) is 58.6 Å². The summed E-state index contributed by atoms with van der Waals surface area (Å²) in [5, 5.41) is 8.13. The summed E-state index contributed by atoms with van der Waals surface area (Å²) >= 11 is 0. The van der Waals surface area contributed by atoms with Crippen molar-refractivity contribution in [2.75, 3.05) is 44.7 Å². The lowest BCUT2D eigenvalue weighted by Crippen LogP contribution is -2.48. The third-order valence-electron chi connectivity index (χ3n) is 4.98. The van der Waals surface area contributed by atoms with E-state index >= 15 is 0 Å². The molecule has 2 aliphatic rings. The molecule has 1 saturated carbocycles. The lowest BCUT2D eigenvalue weighted by Gasteiger charge is -2.37. The summed E-state index contributed by atoms with van der Waals surface area (Å²) in [6.45, 7) is 5.35. The van der Waals surface area contributed by atoms with Gasteiger partial charge in [0.1, 0.15) is 0 Å². The fourth-order valence-electron chi connectivity index (χ4n) is 3.60. The number of hydrogen-bond acceptors (Lipinski definition) is 6. The first-order valence-corrected chi connectivity index (χ1v) is 8.65. The molecule has 6 heteroatoms. The molecule has 1 aliphatic carbocycles. The van der Waals surface area contributed by atoms with Gasteiger partial charge in [0, 0.05) is 32.7 Å². The number of rotatable bonds is 4. The van der Waals surface area contributed by atoms with Crippen LogP contribution < -0.4 is 4.90 Å². The highest BCUT2D eigenvalue weighted by Gasteiger charge is 2.22. The lowest BCUT2D eigenvalue weighted by atomic mass is 9.89. The molecule has 0 spiro atoms. The van der Waals surface area contributed by atoms with Crippen molar-refractivity contribution in [1.29, 1.82) is 0 Å². The minimum absolute atomic E-state index is 0.257. The highest BCUT2D eigenvalue weighted by molar-refractivity contribution is 5.86. The average molecular weight is 318 g/mol. The Balaban J connectivity index is 1.49. The number of aromatic nitrogens is 2. The van der Waals surface area contributed by atoms with Crippen molar-refractivity contribution in [3.63, 3.8) is 0 Å². The van der Waals surface area contributed by atoms with E-state index in [0.29, 0.717) is 0 Å². The van der Waals surface area contributed by atoms with Crippen LogP contribution in [0.4, 0.5) is 5.82 Å². The number of hydrogen-bond donors (Lipinski definition) is 0. The summed E-state index contributed by atoms with van der Waals surface area (Å²) < 4.78 is 4.65. The molecule has 2 heterocycles. The summed E-state index contributed by atoms with van der Waals surface area (Å²) in [6.07, 6.45) is 7.05. The highest BCUT2D eigenvalue weighted by atomic mass is 16.5. The van der Waals surface area contributed by atoms with Crippen LogP contribution in [0.2, 0.25) is 0 Å². The van der Waals surface area contributed by atoms with Crippen molar-refractivity contribution in [2.45, 2.75) is 32.1 Å². The molecule has 0 unspecified atom stereocenters. The maximum atomic E-state index is 11.4. The molecule has 0 bridgehead atoms. The minimum Gasteiger partial charge on any atom is -0.464 e. The number of anilines is 1. The summed E-state index contributed by atoms with van der Waals surface area (Å²) in [5.41, 5.74) is 0.257. The molecule has 1 saturated heterocycles. The van der Waals surface area contributed by atoms with E-state index in [4.69, 9.17) is 0 Å². The van der Waals surface area contributed by atoms with E-state index in [2.05, 4.69) is 24.7 Å². The van der Waals surface area contributed by atoms with E-state index in [1.165, 1.54) is 45.8 Å². The molecule has 1 aromatic heterocycles. The third kappa shape index (κ3) is 4.19. The van der Waals surface area contributed by atoms with Crippen molar-refractivity contribution in [3.05, 3.63) is 17.8 Å². The van der Waals surface area contributed by atoms with Crippen molar-refractivity contribution in [3.8, 4) is 0 Å². The molecule has 0 N–H and O–H groups in total. The van der Waals surface area contributed by atoms with Crippen LogP contribution in [0.1, 0.15) is 42.6 Å². The van der Waals surface area contributed by atoms with Crippen molar-refractivity contribution in [1.82, 2.24) is 15.1 Å². The van der Waals surface area contributed by atoms with Gasteiger partial charge in [-0.2, -0.15) is 0 Å². The van der Waals surface area contributed by atoms with Gasteiger partial charge >= 0.3 is 5.97 Å². The van der Waals surface area contributed by atoms with Gasteiger partial charge in [-0.1, -0.05) is 19.3 Å². The van der Waals surface area contributed by atoms with Crippen LogP contribution in [-0.4, -0.2) is 60.9 Å². The predicted molar refractivity (Wildman–Crippen MR) is 88.6 cm³/mol. The first-order chi connectivity index (χ1) is 11.3. The Morgan fingerprint density at radius 1 is 1.13 bits per heavy atom. The summed E-state index contributed by atoms with van der Waals surface area (Å²) in [5.74, 6) is 1.30. The molecule has 0 aromatic carbocycles. The van der Waals surface area contributed by atoms with Crippen LogP contribution in [-0.2, 0) is 4.74 Å². The largest absolute Gasteiger partial charge is 0.464 e. The average Bonchev–Trinajstić information content (AvgIpc) is 2.63. The molecule has 0 radical (unpaired) electrons. The first kappa shape index (κ1) is 16.2. The Morgan fingerprint density at radius 3 is 2.48 bits per heavy atom. The summed E-state index contributed by atoms with van der Waals surface area (Å²) in [4.78, 5) is 16.2. The number of nitrogens with zero attached hydrogens (tertiary/aromatic N) is 4. The van der Waals surface area contributed by atoms with E-state index in [-0.39, 0.29) is 5.69 Å². The summed E-state index contributed by atoms with van der Waals surface area (Å²) in [7, 11) is 1.35. The van der Waals surface area contributed by atoms with Crippen LogP contribution >= 0.6 is 0 Å². The van der Waals surface area contributed by atoms with Crippen molar-refractivity contribution in [2.24, 2.45) is 5.92 Å². The van der Waals surface area contributed by atoms with E-state index in [1.807, 2.05) is 6.07 Å². The van der Waals surface area contributed by atoms with E-state index in [9.17, 15) is 4.79 Å². The van der Waals surface area contributed by atoms with Gasteiger partial charge in [-0.25, -0.2) is 4.79 Å². The smallest absolute Gasteiger partial charge is 0.358 e. The quantitative estimate of drug-likeness (QED) is 0.791. The number of carbonyl (C=O) groups excluding carboxylic acids is 1. The lowest BCUT2D eigenvalue weighted by molar-refractivity contribution is 0.0592. The standard InChI is InChI=1S/C17H26N4O2/c1-23-17(22)15-7-8-16(19-18-15)21-11-9-20(10-12-21)13-14-5-3-2-4-6-14/h7-8,14H,2-6,9-13H2,1H3. The van der Waals surface area contributed by atoms with Gasteiger partial charge in [0.2, 0.25) is 0 Å². The van der Waals surface area contributed by atoms with Crippen LogP contribution in [0.25, 0.3) is 0 Å². The Kier molecular flexibility index (Phi) is 5.43. The van der Waals surface area contributed by atoms with Crippen molar-refractivity contribution >= 4 is 11.8 Å². The summed E-state index contributed by atoms with van der Waals surface area (Å²) in [6, 6.07) is 3.54. The minimum atomic E-state index is -0.443. The molecular weight excluding hydrogens is 292 g/mol. The fraction of sp³-hybridized carbons (Fsp3) is 0.706. The number of esters is 1. The Labute approximate surface area is 137 Å². The zero-order valence-corrected chi connectivity index (χ0v) is 13.9.